The predicted octanol–water partition coefficient (Wildman–Crippen LogP) is 4.77. The topological polar surface area (TPSA) is 52.4 Å². The maximum absolute atomic E-state index is 11.0. The molecular weight excluding hydrogens is 310 g/mol. The second-order valence-corrected chi connectivity index (χ2v) is 5.16. The molecule has 0 aromatic heterocycles. The molecule has 0 unspecified atom stereocenters. The van der Waals surface area contributed by atoms with Gasteiger partial charge in [-0.15, -0.1) is 0 Å². The van der Waals surface area contributed by atoms with Gasteiger partial charge in [-0.25, -0.2) is 0 Å². The first-order chi connectivity index (χ1) is 8.97. The van der Waals surface area contributed by atoms with Gasteiger partial charge in [0.05, 0.1) is 4.92 Å². The molecule has 0 saturated carbocycles. The lowest BCUT2D eigenvalue weighted by Gasteiger charge is -2.10. The molecule has 19 heavy (non-hydrogen) atoms. The fraction of sp³-hybridized carbons (Fsp3) is 0.143. The Balaban J connectivity index is 2.45. The molecule has 2 rings (SSSR count). The van der Waals surface area contributed by atoms with Gasteiger partial charge in [-0.05, 0) is 43.2 Å². The molecule has 4 nitrogen and oxygen atoms in total. The summed E-state index contributed by atoms with van der Waals surface area (Å²) in [6.45, 7) is 3.76. The molecule has 0 radical (unpaired) electrons. The van der Waals surface area contributed by atoms with Crippen molar-refractivity contribution in [1.82, 2.24) is 0 Å². The summed E-state index contributed by atoms with van der Waals surface area (Å²) >= 11 is 3.36. The molecule has 2 aromatic carbocycles. The zero-order valence-electron chi connectivity index (χ0n) is 10.5. The Morgan fingerprint density at radius 3 is 2.53 bits per heavy atom. The molecule has 5 heteroatoms. The summed E-state index contributed by atoms with van der Waals surface area (Å²) in [6.07, 6.45) is 0. The minimum atomic E-state index is -0.442. The summed E-state index contributed by atoms with van der Waals surface area (Å²) in [5.74, 6) is 0.856. The van der Waals surface area contributed by atoms with E-state index < -0.39 is 4.92 Å². The van der Waals surface area contributed by atoms with Gasteiger partial charge < -0.3 is 4.74 Å². The van der Waals surface area contributed by atoms with Crippen molar-refractivity contribution >= 4 is 21.6 Å². The number of hydrogen-bond donors (Lipinski definition) is 0. The molecule has 98 valence electrons. The van der Waals surface area contributed by atoms with E-state index in [1.54, 1.807) is 18.2 Å². The van der Waals surface area contributed by atoms with Gasteiger partial charge in [0.2, 0.25) is 5.75 Å². The number of hydrogen-bond acceptors (Lipinski definition) is 3. The molecule has 0 atom stereocenters. The average molecular weight is 322 g/mol. The van der Waals surface area contributed by atoms with E-state index in [0.717, 1.165) is 15.6 Å². The van der Waals surface area contributed by atoms with Crippen molar-refractivity contribution in [3.05, 3.63) is 62.1 Å². The van der Waals surface area contributed by atoms with Crippen LogP contribution in [0.15, 0.2) is 40.9 Å². The van der Waals surface area contributed by atoms with E-state index >= 15 is 0 Å². The van der Waals surface area contributed by atoms with Crippen molar-refractivity contribution < 1.29 is 9.66 Å². The van der Waals surface area contributed by atoms with Crippen LogP contribution in [0.4, 0.5) is 5.69 Å². The number of halogens is 1. The highest BCUT2D eigenvalue weighted by molar-refractivity contribution is 9.10. The minimum Gasteiger partial charge on any atom is -0.450 e. The fourth-order valence-corrected chi connectivity index (χ4v) is 2.00. The molecule has 0 saturated heterocycles. The third-order valence-electron chi connectivity index (χ3n) is 2.68. The highest BCUT2D eigenvalue weighted by atomic mass is 79.9. The van der Waals surface area contributed by atoms with Crippen molar-refractivity contribution in [1.29, 1.82) is 0 Å². The van der Waals surface area contributed by atoms with Crippen molar-refractivity contribution in [2.45, 2.75) is 13.8 Å². The number of nitro benzene ring substituents is 1. The number of ether oxygens (including phenoxy) is 1. The Hall–Kier alpha value is -1.88. The SMILES string of the molecule is Cc1ccc([N+](=O)[O-])c(Oc2cc(Br)ccc2C)c1. The number of nitrogens with zero attached hydrogens (tertiary/aromatic N) is 1. The summed E-state index contributed by atoms with van der Waals surface area (Å²) in [5, 5.41) is 11.0. The Bertz CT molecular complexity index is 641. The van der Waals surface area contributed by atoms with Gasteiger partial charge in [0.25, 0.3) is 0 Å². The van der Waals surface area contributed by atoms with Crippen LogP contribution in [0.3, 0.4) is 0 Å². The number of rotatable bonds is 3. The first-order valence-electron chi connectivity index (χ1n) is 5.66. The summed E-state index contributed by atoms with van der Waals surface area (Å²) in [6, 6.07) is 10.4. The van der Waals surface area contributed by atoms with E-state index in [1.165, 1.54) is 6.07 Å². The summed E-state index contributed by atoms with van der Waals surface area (Å²) in [7, 11) is 0. The Kier molecular flexibility index (Phi) is 3.85. The normalized spacial score (nSPS) is 10.3. The maximum atomic E-state index is 11.0. The Morgan fingerprint density at radius 1 is 1.11 bits per heavy atom. The average Bonchev–Trinajstić information content (AvgIpc) is 2.33. The molecule has 0 aliphatic rings. The van der Waals surface area contributed by atoms with E-state index in [9.17, 15) is 10.1 Å². The first kappa shape index (κ1) is 13.5. The smallest absolute Gasteiger partial charge is 0.311 e. The van der Waals surface area contributed by atoms with Gasteiger partial charge in [-0.2, -0.15) is 0 Å². The van der Waals surface area contributed by atoms with Gasteiger partial charge in [0.15, 0.2) is 0 Å². The maximum Gasteiger partial charge on any atom is 0.311 e. The number of aryl methyl sites for hydroxylation is 2. The quantitative estimate of drug-likeness (QED) is 0.604. The van der Waals surface area contributed by atoms with Gasteiger partial charge >= 0.3 is 5.69 Å². The third-order valence-corrected chi connectivity index (χ3v) is 3.18. The number of nitro groups is 1. The lowest BCUT2D eigenvalue weighted by molar-refractivity contribution is -0.385. The lowest BCUT2D eigenvalue weighted by Crippen LogP contribution is -1.95. The Morgan fingerprint density at radius 2 is 1.84 bits per heavy atom. The lowest BCUT2D eigenvalue weighted by atomic mass is 10.2. The zero-order chi connectivity index (χ0) is 14.0. The second-order valence-electron chi connectivity index (χ2n) is 4.24. The molecule has 0 fully saturated rings. The van der Waals surface area contributed by atoms with Gasteiger partial charge in [0.1, 0.15) is 5.75 Å². The summed E-state index contributed by atoms with van der Waals surface area (Å²) < 4.78 is 6.56. The molecule has 0 spiro atoms. The highest BCUT2D eigenvalue weighted by Gasteiger charge is 2.16. The number of benzene rings is 2. The molecule has 2 aromatic rings. The highest BCUT2D eigenvalue weighted by Crippen LogP contribution is 2.34. The van der Waals surface area contributed by atoms with Crippen LogP contribution in [0.5, 0.6) is 11.5 Å². The fourth-order valence-electron chi connectivity index (χ4n) is 1.66. The van der Waals surface area contributed by atoms with Crippen LogP contribution >= 0.6 is 15.9 Å². The molecule has 0 N–H and O–H groups in total. The standard InChI is InChI=1S/C14H12BrNO3/c1-9-3-6-12(16(17)18)14(7-9)19-13-8-11(15)5-4-10(13)2/h3-8H,1-2H3. The predicted molar refractivity (Wildman–Crippen MR) is 76.8 cm³/mol. The van der Waals surface area contributed by atoms with Crippen molar-refractivity contribution in [3.8, 4) is 11.5 Å². The van der Waals surface area contributed by atoms with Crippen LogP contribution in [0.1, 0.15) is 11.1 Å². The zero-order valence-corrected chi connectivity index (χ0v) is 12.1. The molecule has 0 amide bonds. The molecule has 0 bridgehead atoms. The minimum absolute atomic E-state index is 0.0371. The van der Waals surface area contributed by atoms with Crippen molar-refractivity contribution in [3.63, 3.8) is 0 Å². The Labute approximate surface area is 119 Å². The van der Waals surface area contributed by atoms with Crippen molar-refractivity contribution in [2.24, 2.45) is 0 Å². The van der Waals surface area contributed by atoms with Crippen LogP contribution in [0.2, 0.25) is 0 Å². The van der Waals surface area contributed by atoms with Gasteiger partial charge in [-0.1, -0.05) is 28.1 Å². The van der Waals surface area contributed by atoms with E-state index in [4.69, 9.17) is 4.74 Å². The first-order valence-corrected chi connectivity index (χ1v) is 6.46. The van der Waals surface area contributed by atoms with Crippen LogP contribution in [0.25, 0.3) is 0 Å². The summed E-state index contributed by atoms with van der Waals surface area (Å²) in [5.41, 5.74) is 1.79. The molecular formula is C14H12BrNO3. The van der Waals surface area contributed by atoms with Crippen LogP contribution in [-0.4, -0.2) is 4.92 Å². The largest absolute Gasteiger partial charge is 0.450 e. The molecule has 0 aliphatic heterocycles. The van der Waals surface area contributed by atoms with E-state index in [1.807, 2.05) is 26.0 Å². The summed E-state index contributed by atoms with van der Waals surface area (Å²) in [4.78, 5) is 10.5. The van der Waals surface area contributed by atoms with Gasteiger partial charge in [0, 0.05) is 10.5 Å². The van der Waals surface area contributed by atoms with E-state index in [-0.39, 0.29) is 11.4 Å². The van der Waals surface area contributed by atoms with E-state index in [2.05, 4.69) is 15.9 Å². The van der Waals surface area contributed by atoms with Gasteiger partial charge in [-0.3, -0.25) is 10.1 Å². The molecule has 0 aliphatic carbocycles. The van der Waals surface area contributed by atoms with Crippen LogP contribution in [0, 0.1) is 24.0 Å². The van der Waals surface area contributed by atoms with Crippen molar-refractivity contribution in [2.75, 3.05) is 0 Å². The molecule has 0 heterocycles. The monoisotopic (exact) mass is 321 g/mol. The second kappa shape index (κ2) is 5.40. The van der Waals surface area contributed by atoms with Crippen LogP contribution in [-0.2, 0) is 0 Å². The third kappa shape index (κ3) is 3.12. The van der Waals surface area contributed by atoms with E-state index in [0.29, 0.717) is 5.75 Å². The van der Waals surface area contributed by atoms with Crippen LogP contribution < -0.4 is 4.74 Å².